The van der Waals surface area contributed by atoms with Crippen molar-refractivity contribution in [3.63, 3.8) is 0 Å². The van der Waals surface area contributed by atoms with Crippen LogP contribution in [0.3, 0.4) is 0 Å². The highest BCUT2D eigenvalue weighted by atomic mass is 19.3. The number of aryl methyl sites for hydroxylation is 1. The summed E-state index contributed by atoms with van der Waals surface area (Å²) in [6.07, 6.45) is 2.95. The number of hydrogen-bond acceptors (Lipinski definition) is 6. The topological polar surface area (TPSA) is 99.1 Å². The lowest BCUT2D eigenvalue weighted by Gasteiger charge is -2.20. The van der Waals surface area contributed by atoms with Crippen LogP contribution in [0.1, 0.15) is 35.9 Å². The molecule has 3 aromatic rings. The van der Waals surface area contributed by atoms with E-state index in [9.17, 15) is 27.2 Å². The Bertz CT molecular complexity index is 1410. The van der Waals surface area contributed by atoms with Crippen LogP contribution in [0.5, 0.6) is 11.5 Å². The van der Waals surface area contributed by atoms with Crippen LogP contribution in [-0.4, -0.2) is 57.4 Å². The van der Waals surface area contributed by atoms with Gasteiger partial charge in [0.05, 0.1) is 19.8 Å². The molecule has 43 heavy (non-hydrogen) atoms. The molecule has 2 unspecified atom stereocenters. The van der Waals surface area contributed by atoms with Gasteiger partial charge in [-0.05, 0) is 37.6 Å². The Hall–Kier alpha value is -4.39. The molecule has 0 spiro atoms. The number of nitrogens with one attached hydrogen (secondary N) is 1. The monoisotopic (exact) mass is 607 g/mol. The number of alkyl halides is 2. The summed E-state index contributed by atoms with van der Waals surface area (Å²) in [5.41, 5.74) is 0.780. The average Bonchev–Trinajstić information content (AvgIpc) is 3.64. The molecule has 3 heterocycles. The lowest BCUT2D eigenvalue weighted by atomic mass is 9.97. The molecule has 9 nitrogen and oxygen atoms in total. The second-order valence-electron chi connectivity index (χ2n) is 9.63. The molecule has 0 saturated carbocycles. The molecule has 2 aliphatic rings. The quantitative estimate of drug-likeness (QED) is 0.312. The highest BCUT2D eigenvalue weighted by Gasteiger charge is 2.36. The third-order valence-electron chi connectivity index (χ3n) is 6.73. The largest absolute Gasteiger partial charge is 0.497 e. The van der Waals surface area contributed by atoms with Crippen molar-refractivity contribution >= 4 is 18.0 Å². The van der Waals surface area contributed by atoms with Gasteiger partial charge < -0.3 is 29.0 Å². The van der Waals surface area contributed by atoms with Crippen LogP contribution >= 0.6 is 0 Å². The molecular weight excluding hydrogens is 574 g/mol. The number of anilines is 1. The van der Waals surface area contributed by atoms with E-state index in [1.807, 2.05) is 6.92 Å². The van der Waals surface area contributed by atoms with Crippen molar-refractivity contribution in [2.75, 3.05) is 38.8 Å². The number of nitrogens with zero attached hydrogens (tertiary/aromatic N) is 2. The third kappa shape index (κ3) is 8.80. The van der Waals surface area contributed by atoms with Crippen LogP contribution in [0.25, 0.3) is 0 Å². The second-order valence-corrected chi connectivity index (χ2v) is 9.63. The van der Waals surface area contributed by atoms with Crippen molar-refractivity contribution in [2.24, 2.45) is 0 Å². The predicted molar refractivity (Wildman–Crippen MR) is 151 cm³/mol. The summed E-state index contributed by atoms with van der Waals surface area (Å²) in [5, 5.41) is 2.25. The minimum atomic E-state index is -2.74. The van der Waals surface area contributed by atoms with Crippen LogP contribution in [0, 0.1) is 18.6 Å². The van der Waals surface area contributed by atoms with E-state index in [1.54, 1.807) is 42.1 Å². The summed E-state index contributed by atoms with van der Waals surface area (Å²) < 4.78 is 68.0. The van der Waals surface area contributed by atoms with E-state index in [0.717, 1.165) is 24.1 Å². The first-order valence-electron chi connectivity index (χ1n) is 13.3. The smallest absolute Gasteiger partial charge is 0.387 e. The maximum Gasteiger partial charge on any atom is 0.387 e. The molecule has 0 aliphatic carbocycles. The Morgan fingerprint density at radius 1 is 1.07 bits per heavy atom. The molecular formula is C30H33F4N3O6. The number of amides is 2. The van der Waals surface area contributed by atoms with E-state index in [4.69, 9.17) is 14.3 Å². The number of carbonyl (C=O) groups excluding carboxylic acids is 2. The maximum absolute atomic E-state index is 14.4. The number of methoxy groups -OCH3 is 1. The van der Waals surface area contributed by atoms with Crippen molar-refractivity contribution in [3.8, 4) is 11.5 Å². The molecule has 2 saturated heterocycles. The summed E-state index contributed by atoms with van der Waals surface area (Å²) in [4.78, 5) is 35.9. The van der Waals surface area contributed by atoms with Crippen LogP contribution in [-0.2, 0) is 14.3 Å². The van der Waals surface area contributed by atoms with Crippen molar-refractivity contribution in [1.29, 1.82) is 0 Å². The summed E-state index contributed by atoms with van der Waals surface area (Å²) in [5.74, 6) is -2.26. The van der Waals surface area contributed by atoms with Crippen molar-refractivity contribution in [1.82, 2.24) is 9.88 Å². The van der Waals surface area contributed by atoms with E-state index in [-0.39, 0.29) is 53.2 Å². The number of benzene rings is 2. The Morgan fingerprint density at radius 3 is 2.26 bits per heavy atom. The summed E-state index contributed by atoms with van der Waals surface area (Å²) in [7, 11) is 2.89. The average molecular weight is 608 g/mol. The number of pyridine rings is 1. The fourth-order valence-electron chi connectivity index (χ4n) is 4.65. The van der Waals surface area contributed by atoms with Gasteiger partial charge in [-0.2, -0.15) is 8.78 Å². The number of hydrogen-bond donors (Lipinski definition) is 1. The molecule has 0 radical (unpaired) electrons. The molecule has 5 rings (SSSR count). The van der Waals surface area contributed by atoms with Crippen LogP contribution in [0.2, 0.25) is 0 Å². The van der Waals surface area contributed by atoms with Gasteiger partial charge in [0, 0.05) is 56.4 Å². The lowest BCUT2D eigenvalue weighted by Crippen LogP contribution is -2.34. The lowest BCUT2D eigenvalue weighted by molar-refractivity contribution is -0.117. The van der Waals surface area contributed by atoms with Gasteiger partial charge in [0.1, 0.15) is 28.8 Å². The molecule has 1 aromatic heterocycles. The standard InChI is InChI=1S/C20H20F2N2O4.C8H8F2O.C2H5NO/c1-27-14-8-15(21)19(16(22)9-14)12-7-18(25)24(10-12)17-3-2-5-23(20(17)26)13-4-6-28-11-13;1-6-2-4-7(5-3-6)11-8(9)10;1-3-2-4/h2-3,5,8-9,12-13H,4,6-7,10-11H2,1H3;2-5,8H,1H3;2H,1H3,(H,3,4). The molecule has 0 bridgehead atoms. The number of rotatable bonds is 7. The Kier molecular flexibility index (Phi) is 12.1. The number of halogens is 4. The Labute approximate surface area is 246 Å². The van der Waals surface area contributed by atoms with Crippen LogP contribution < -0.4 is 25.2 Å². The molecule has 2 atom stereocenters. The molecule has 1 N–H and O–H groups in total. The SMILES string of the molecule is CNC=O.COc1cc(F)c(C2CC(=O)N(c3cccn(C4CCOC4)c3=O)C2)c(F)c1.Cc1ccc(OC(F)F)cc1. The van der Waals surface area contributed by atoms with E-state index in [2.05, 4.69) is 10.1 Å². The normalized spacial score (nSPS) is 17.5. The zero-order valence-electron chi connectivity index (χ0n) is 23.9. The minimum Gasteiger partial charge on any atom is -0.497 e. The Balaban J connectivity index is 0.000000280. The van der Waals surface area contributed by atoms with Gasteiger partial charge in [-0.3, -0.25) is 14.4 Å². The molecule has 13 heteroatoms. The molecule has 2 amide bonds. The molecule has 2 aromatic carbocycles. The van der Waals surface area contributed by atoms with Gasteiger partial charge in [0.2, 0.25) is 12.3 Å². The fraction of sp³-hybridized carbons (Fsp3) is 0.367. The first-order valence-corrected chi connectivity index (χ1v) is 13.3. The fourth-order valence-corrected chi connectivity index (χ4v) is 4.65. The van der Waals surface area contributed by atoms with Gasteiger partial charge in [-0.1, -0.05) is 17.7 Å². The van der Waals surface area contributed by atoms with Gasteiger partial charge in [0.15, 0.2) is 0 Å². The molecule has 232 valence electrons. The predicted octanol–water partition coefficient (Wildman–Crippen LogP) is 4.58. The summed E-state index contributed by atoms with van der Waals surface area (Å²) in [6, 6.07) is 11.9. The van der Waals surface area contributed by atoms with E-state index in [1.165, 1.54) is 24.1 Å². The third-order valence-corrected chi connectivity index (χ3v) is 6.73. The van der Waals surface area contributed by atoms with E-state index < -0.39 is 24.2 Å². The summed E-state index contributed by atoms with van der Waals surface area (Å²) >= 11 is 0. The van der Waals surface area contributed by atoms with Gasteiger partial charge >= 0.3 is 6.61 Å². The highest BCUT2D eigenvalue weighted by Crippen LogP contribution is 2.35. The van der Waals surface area contributed by atoms with Gasteiger partial charge in [-0.15, -0.1) is 0 Å². The number of carbonyl (C=O) groups is 2. The van der Waals surface area contributed by atoms with Crippen LogP contribution in [0.4, 0.5) is 23.2 Å². The van der Waals surface area contributed by atoms with Crippen molar-refractivity contribution < 1.29 is 41.4 Å². The van der Waals surface area contributed by atoms with Crippen LogP contribution in [0.15, 0.2) is 59.5 Å². The van der Waals surface area contributed by atoms with Gasteiger partial charge in [-0.25, -0.2) is 8.78 Å². The zero-order chi connectivity index (χ0) is 31.5. The number of ether oxygens (including phenoxy) is 3. The van der Waals surface area contributed by atoms with E-state index >= 15 is 0 Å². The molecule has 2 aliphatic heterocycles. The zero-order valence-corrected chi connectivity index (χ0v) is 23.9. The first-order chi connectivity index (χ1) is 20.6. The second kappa shape index (κ2) is 15.7. The molecule has 2 fully saturated rings. The summed E-state index contributed by atoms with van der Waals surface area (Å²) in [6.45, 7) is 0.216. The van der Waals surface area contributed by atoms with Crippen molar-refractivity contribution in [3.05, 3.63) is 87.8 Å². The highest BCUT2D eigenvalue weighted by molar-refractivity contribution is 5.96. The number of aromatic nitrogens is 1. The maximum atomic E-state index is 14.4. The Morgan fingerprint density at radius 2 is 1.72 bits per heavy atom. The van der Waals surface area contributed by atoms with E-state index in [0.29, 0.717) is 19.6 Å². The van der Waals surface area contributed by atoms with Gasteiger partial charge in [0.25, 0.3) is 5.56 Å². The van der Waals surface area contributed by atoms with Crippen molar-refractivity contribution in [2.45, 2.75) is 38.3 Å². The minimum absolute atomic E-state index is 0.0411. The first kappa shape index (κ1) is 33.1.